The van der Waals surface area contributed by atoms with Gasteiger partial charge in [0.05, 0.1) is 5.41 Å². The molecule has 1 spiro atoms. The molecule has 0 radical (unpaired) electrons. The van der Waals surface area contributed by atoms with E-state index < -0.39 is 11.6 Å². The lowest BCUT2D eigenvalue weighted by atomic mass is 9.47. The summed E-state index contributed by atoms with van der Waals surface area (Å²) in [5.74, 6) is 1.16. The SMILES string of the molecule is CC(C)=C/C=C/C(=O)Oc1ccc2c3c1O[C@@]1(C)C(=O)CC[C@H]4[C@@H](C2)N(C)CC[C@@]341. The van der Waals surface area contributed by atoms with Crippen LogP contribution in [0.2, 0.25) is 0 Å². The van der Waals surface area contributed by atoms with Gasteiger partial charge in [-0.25, -0.2) is 4.79 Å². The van der Waals surface area contributed by atoms with Gasteiger partial charge in [0.15, 0.2) is 22.9 Å². The standard InChI is InChI=1S/C25H29NO4/c1-15(2)6-5-7-21(28)29-19-10-8-16-14-18-17-9-11-20(27)24(3)25(17,12-13-26(18)4)22(16)23(19)30-24/h5-8,10,17-18H,9,11-14H2,1-4H3/b7-5+/t17-,18+,24-,25-/m0/s1. The van der Waals surface area contributed by atoms with Gasteiger partial charge in [-0.3, -0.25) is 4.79 Å². The molecule has 30 heavy (non-hydrogen) atoms. The van der Waals surface area contributed by atoms with Crippen LogP contribution in [0.5, 0.6) is 11.5 Å². The van der Waals surface area contributed by atoms with Crippen LogP contribution in [-0.4, -0.2) is 41.9 Å². The van der Waals surface area contributed by atoms with Crippen LogP contribution in [0, 0.1) is 5.92 Å². The second kappa shape index (κ2) is 6.55. The van der Waals surface area contributed by atoms with Gasteiger partial charge < -0.3 is 14.4 Å². The first-order valence-electron chi connectivity index (χ1n) is 10.9. The third kappa shape index (κ3) is 2.45. The molecule has 4 atom stereocenters. The average molecular weight is 408 g/mol. The van der Waals surface area contributed by atoms with Gasteiger partial charge in [0.2, 0.25) is 0 Å². The van der Waals surface area contributed by atoms with Gasteiger partial charge in [-0.05, 0) is 71.2 Å². The van der Waals surface area contributed by atoms with Crippen molar-refractivity contribution in [1.29, 1.82) is 0 Å². The first-order valence-corrected chi connectivity index (χ1v) is 10.9. The highest BCUT2D eigenvalue weighted by Crippen LogP contribution is 2.66. The number of ketones is 1. The molecule has 2 heterocycles. The molecule has 5 rings (SSSR count). The van der Waals surface area contributed by atoms with Crippen molar-refractivity contribution in [3.8, 4) is 11.5 Å². The van der Waals surface area contributed by atoms with Crippen LogP contribution in [-0.2, 0) is 21.4 Å². The number of hydrogen-bond acceptors (Lipinski definition) is 5. The zero-order chi connectivity index (χ0) is 21.3. The van der Waals surface area contributed by atoms with E-state index in [-0.39, 0.29) is 11.2 Å². The second-order valence-corrected chi connectivity index (χ2v) is 9.63. The predicted octanol–water partition coefficient (Wildman–Crippen LogP) is 3.74. The lowest BCUT2D eigenvalue weighted by Gasteiger charge is -2.60. The molecule has 5 nitrogen and oxygen atoms in total. The van der Waals surface area contributed by atoms with Crippen molar-refractivity contribution in [1.82, 2.24) is 4.90 Å². The van der Waals surface area contributed by atoms with Gasteiger partial charge in [0.25, 0.3) is 0 Å². The molecule has 0 amide bonds. The van der Waals surface area contributed by atoms with Crippen LogP contribution in [0.1, 0.15) is 51.2 Å². The molecule has 5 heteroatoms. The summed E-state index contributed by atoms with van der Waals surface area (Å²) in [6, 6.07) is 4.33. The summed E-state index contributed by atoms with van der Waals surface area (Å²) < 4.78 is 12.2. The molecule has 1 aromatic rings. The van der Waals surface area contributed by atoms with Crippen molar-refractivity contribution in [2.45, 2.75) is 63.5 Å². The fourth-order valence-corrected chi connectivity index (χ4v) is 6.48. The van der Waals surface area contributed by atoms with Crippen molar-refractivity contribution in [3.05, 3.63) is 47.1 Å². The molecule has 0 unspecified atom stereocenters. The molecule has 2 bridgehead atoms. The summed E-state index contributed by atoms with van der Waals surface area (Å²) in [6.45, 7) is 6.86. The number of carbonyl (C=O) groups is 2. The first-order chi connectivity index (χ1) is 14.3. The molecule has 1 aromatic carbocycles. The van der Waals surface area contributed by atoms with Gasteiger partial charge in [0, 0.05) is 24.1 Å². The van der Waals surface area contributed by atoms with E-state index >= 15 is 0 Å². The third-order valence-electron chi connectivity index (χ3n) is 7.85. The monoisotopic (exact) mass is 407 g/mol. The molecular weight excluding hydrogens is 378 g/mol. The van der Waals surface area contributed by atoms with Crippen LogP contribution in [0.3, 0.4) is 0 Å². The summed E-state index contributed by atoms with van der Waals surface area (Å²) in [7, 11) is 2.20. The van der Waals surface area contributed by atoms with E-state index in [4.69, 9.17) is 9.47 Å². The van der Waals surface area contributed by atoms with E-state index in [2.05, 4.69) is 18.0 Å². The number of esters is 1. The molecular formula is C25H29NO4. The first kappa shape index (κ1) is 19.6. The number of rotatable bonds is 3. The Bertz CT molecular complexity index is 1000. The number of Topliss-reactive ketones (excluding diaryl/α,β-unsaturated/α-hetero) is 1. The van der Waals surface area contributed by atoms with Crippen LogP contribution < -0.4 is 9.47 Å². The highest BCUT2D eigenvalue weighted by atomic mass is 16.6. The van der Waals surface area contributed by atoms with Crippen LogP contribution >= 0.6 is 0 Å². The fraction of sp³-hybridized carbons (Fsp3) is 0.520. The zero-order valence-electron chi connectivity index (χ0n) is 18.2. The largest absolute Gasteiger partial charge is 0.475 e. The summed E-state index contributed by atoms with van der Waals surface area (Å²) >= 11 is 0. The number of benzene rings is 1. The van der Waals surface area contributed by atoms with Crippen LogP contribution in [0.15, 0.2) is 35.9 Å². The Balaban J connectivity index is 1.61. The maximum Gasteiger partial charge on any atom is 0.336 e. The molecule has 0 aromatic heterocycles. The molecule has 2 aliphatic carbocycles. The molecule has 4 aliphatic rings. The average Bonchev–Trinajstić information content (AvgIpc) is 2.97. The van der Waals surface area contributed by atoms with Gasteiger partial charge >= 0.3 is 5.97 Å². The highest BCUT2D eigenvalue weighted by Gasteiger charge is 2.71. The Labute approximate surface area is 177 Å². The maximum atomic E-state index is 13.2. The second-order valence-electron chi connectivity index (χ2n) is 9.63. The molecule has 158 valence electrons. The maximum absolute atomic E-state index is 13.2. The minimum Gasteiger partial charge on any atom is -0.475 e. The van der Waals surface area contributed by atoms with Crippen LogP contribution in [0.4, 0.5) is 0 Å². The molecule has 2 fully saturated rings. The number of likely N-dealkylation sites (tertiary alicyclic amines) is 1. The Kier molecular flexibility index (Phi) is 4.27. The Morgan fingerprint density at radius 3 is 2.90 bits per heavy atom. The van der Waals surface area contributed by atoms with E-state index in [1.165, 1.54) is 11.6 Å². The molecule has 1 saturated carbocycles. The van der Waals surface area contributed by atoms with E-state index in [1.54, 1.807) is 6.08 Å². The van der Waals surface area contributed by atoms with Crippen molar-refractivity contribution >= 4 is 11.8 Å². The van der Waals surface area contributed by atoms with Gasteiger partial charge in [-0.2, -0.15) is 0 Å². The van der Waals surface area contributed by atoms with E-state index in [0.717, 1.165) is 36.9 Å². The van der Waals surface area contributed by atoms with Crippen molar-refractivity contribution in [3.63, 3.8) is 0 Å². The van der Waals surface area contributed by atoms with E-state index in [1.807, 2.05) is 32.9 Å². The Morgan fingerprint density at radius 2 is 2.13 bits per heavy atom. The molecule has 0 N–H and O–H groups in total. The highest BCUT2D eigenvalue weighted by molar-refractivity contribution is 5.93. The zero-order valence-corrected chi connectivity index (χ0v) is 18.2. The number of allylic oxidation sites excluding steroid dienone is 3. The summed E-state index contributed by atoms with van der Waals surface area (Å²) in [5, 5.41) is 0. The van der Waals surface area contributed by atoms with Gasteiger partial charge in [-0.1, -0.05) is 23.8 Å². The number of likely N-dealkylation sites (N-methyl/N-ethyl adjacent to an activating group) is 1. The van der Waals surface area contributed by atoms with E-state index in [9.17, 15) is 9.59 Å². The van der Waals surface area contributed by atoms with Gasteiger partial charge in [0.1, 0.15) is 0 Å². The normalized spacial score (nSPS) is 33.8. The smallest absolute Gasteiger partial charge is 0.336 e. The Hall–Kier alpha value is -2.40. The van der Waals surface area contributed by atoms with Gasteiger partial charge in [-0.15, -0.1) is 0 Å². The quantitative estimate of drug-likeness (QED) is 0.331. The lowest BCUT2D eigenvalue weighted by Crippen LogP contribution is -2.70. The van der Waals surface area contributed by atoms with Crippen molar-refractivity contribution in [2.24, 2.45) is 5.92 Å². The van der Waals surface area contributed by atoms with E-state index in [0.29, 0.717) is 29.9 Å². The Morgan fingerprint density at radius 1 is 1.33 bits per heavy atom. The summed E-state index contributed by atoms with van der Waals surface area (Å²) in [5.41, 5.74) is 2.27. The molecule has 2 aliphatic heterocycles. The van der Waals surface area contributed by atoms with Crippen molar-refractivity contribution in [2.75, 3.05) is 13.6 Å². The third-order valence-corrected chi connectivity index (χ3v) is 7.85. The predicted molar refractivity (Wildman–Crippen MR) is 114 cm³/mol. The minimum absolute atomic E-state index is 0.173. The number of nitrogens with zero attached hydrogens (tertiary/aromatic N) is 1. The summed E-state index contributed by atoms with van der Waals surface area (Å²) in [4.78, 5) is 28.1. The number of carbonyl (C=O) groups excluding carboxylic acids is 2. The topological polar surface area (TPSA) is 55.8 Å². The molecule has 1 saturated heterocycles. The van der Waals surface area contributed by atoms with Crippen LogP contribution in [0.25, 0.3) is 0 Å². The number of ether oxygens (including phenoxy) is 2. The number of piperidine rings is 1. The number of hydrogen-bond donors (Lipinski definition) is 0. The van der Waals surface area contributed by atoms with Crippen molar-refractivity contribution < 1.29 is 19.1 Å². The summed E-state index contributed by atoms with van der Waals surface area (Å²) in [6.07, 6.45) is 8.27. The minimum atomic E-state index is -0.882. The fourth-order valence-electron chi connectivity index (χ4n) is 6.48. The lowest BCUT2D eigenvalue weighted by molar-refractivity contribution is -0.153.